The van der Waals surface area contributed by atoms with Crippen molar-refractivity contribution < 1.29 is 23.1 Å². The number of sulfonamides is 1. The van der Waals surface area contributed by atoms with Gasteiger partial charge < -0.3 is 15.7 Å². The smallest absolute Gasteiger partial charge is 0.260 e. The molecule has 2 amide bonds. The van der Waals surface area contributed by atoms with Crippen molar-refractivity contribution in [3.63, 3.8) is 0 Å². The van der Waals surface area contributed by atoms with Crippen molar-refractivity contribution in [2.24, 2.45) is 5.92 Å². The molecule has 1 aliphatic rings. The van der Waals surface area contributed by atoms with Gasteiger partial charge in [0.1, 0.15) is 6.04 Å². The molecule has 2 aromatic heterocycles. The normalized spacial score (nSPS) is 19.6. The lowest BCUT2D eigenvalue weighted by Gasteiger charge is -2.27. The second kappa shape index (κ2) is 12.0. The maximum absolute atomic E-state index is 13.3. The molecule has 0 saturated carbocycles. The summed E-state index contributed by atoms with van der Waals surface area (Å²) in [5, 5.41) is 17.3. The van der Waals surface area contributed by atoms with Crippen molar-refractivity contribution in [3.05, 3.63) is 66.5 Å². The summed E-state index contributed by atoms with van der Waals surface area (Å²) < 4.78 is 27.2. The lowest BCUT2D eigenvalue weighted by atomic mass is 10.0. The number of aromatic nitrogens is 2. The summed E-state index contributed by atoms with van der Waals surface area (Å²) in [7, 11) is -3.88. The Labute approximate surface area is 222 Å². The van der Waals surface area contributed by atoms with Gasteiger partial charge in [-0.3, -0.25) is 14.6 Å². The monoisotopic (exact) mass is 539 g/mol. The molecule has 0 radical (unpaired) electrons. The Morgan fingerprint density at radius 1 is 1.08 bits per heavy atom. The van der Waals surface area contributed by atoms with Gasteiger partial charge in [-0.15, -0.1) is 0 Å². The number of rotatable bonds is 8. The molecule has 0 spiro atoms. The van der Waals surface area contributed by atoms with Gasteiger partial charge in [-0.05, 0) is 49.4 Å². The van der Waals surface area contributed by atoms with Crippen LogP contribution in [0.15, 0.2) is 66.0 Å². The van der Waals surface area contributed by atoms with Gasteiger partial charge in [-0.2, -0.15) is 4.31 Å². The standard InChI is InChI=1S/C27H33N5O5S/c1-18(2)16-22(31-26(34)20-10-5-8-19-9-6-14-29-25(19)20)27(35)30-21-11-7-15-32(17-23(21)33)38(36,37)24-12-3-4-13-28-24/h3-6,8-10,12-14,18,21-23,33H,7,11,15-17H2,1-2H3,(H,30,35)(H,31,34)/t21?,22?,23-/m0/s1. The number of amides is 2. The van der Waals surface area contributed by atoms with E-state index in [1.165, 1.54) is 16.6 Å². The Morgan fingerprint density at radius 3 is 2.58 bits per heavy atom. The first-order chi connectivity index (χ1) is 18.2. The van der Waals surface area contributed by atoms with Crippen molar-refractivity contribution in [1.29, 1.82) is 0 Å². The third-order valence-electron chi connectivity index (χ3n) is 6.55. The minimum Gasteiger partial charge on any atom is -0.390 e. The van der Waals surface area contributed by atoms with Crippen LogP contribution in [-0.2, 0) is 14.8 Å². The first kappa shape index (κ1) is 27.6. The van der Waals surface area contributed by atoms with Crippen LogP contribution < -0.4 is 10.6 Å². The fourth-order valence-electron chi connectivity index (χ4n) is 4.64. The van der Waals surface area contributed by atoms with Crippen LogP contribution in [-0.4, -0.2) is 70.9 Å². The number of hydrogen-bond acceptors (Lipinski definition) is 7. The Balaban J connectivity index is 1.46. The van der Waals surface area contributed by atoms with E-state index in [-0.39, 0.29) is 24.0 Å². The number of nitrogens with zero attached hydrogens (tertiary/aromatic N) is 3. The van der Waals surface area contributed by atoms with Crippen LogP contribution >= 0.6 is 0 Å². The number of carbonyl (C=O) groups is 2. The number of nitrogens with one attached hydrogen (secondary N) is 2. The average molecular weight is 540 g/mol. The number of aliphatic hydroxyl groups is 1. The molecule has 11 heteroatoms. The molecular weight excluding hydrogens is 506 g/mol. The van der Waals surface area contributed by atoms with E-state index in [0.717, 1.165) is 5.39 Å². The van der Waals surface area contributed by atoms with Gasteiger partial charge in [0, 0.05) is 30.9 Å². The van der Waals surface area contributed by atoms with Crippen LogP contribution in [0.3, 0.4) is 0 Å². The molecule has 3 heterocycles. The van der Waals surface area contributed by atoms with Crippen LogP contribution in [0.25, 0.3) is 10.9 Å². The van der Waals surface area contributed by atoms with Crippen LogP contribution in [0.2, 0.25) is 0 Å². The third-order valence-corrected chi connectivity index (χ3v) is 8.34. The number of pyridine rings is 2. The molecule has 0 bridgehead atoms. The molecule has 1 aliphatic heterocycles. The molecule has 1 aromatic carbocycles. The summed E-state index contributed by atoms with van der Waals surface area (Å²) in [4.78, 5) is 34.8. The topological polar surface area (TPSA) is 142 Å². The van der Waals surface area contributed by atoms with E-state index < -0.39 is 40.0 Å². The first-order valence-electron chi connectivity index (χ1n) is 12.7. The fourth-order valence-corrected chi connectivity index (χ4v) is 6.06. The second-order valence-electron chi connectivity index (χ2n) is 9.89. The Hall–Kier alpha value is -3.41. The van der Waals surface area contributed by atoms with Gasteiger partial charge in [0.05, 0.1) is 23.2 Å². The van der Waals surface area contributed by atoms with E-state index in [0.29, 0.717) is 30.3 Å². The third kappa shape index (κ3) is 6.35. The molecule has 1 saturated heterocycles. The van der Waals surface area contributed by atoms with Crippen LogP contribution in [0.1, 0.15) is 43.5 Å². The molecule has 202 valence electrons. The number of fused-ring (bicyclic) bond motifs is 1. The molecule has 3 atom stereocenters. The Morgan fingerprint density at radius 2 is 1.84 bits per heavy atom. The molecule has 3 aromatic rings. The van der Waals surface area contributed by atoms with Crippen LogP contribution in [0.4, 0.5) is 0 Å². The van der Waals surface area contributed by atoms with Crippen LogP contribution in [0.5, 0.6) is 0 Å². The fraction of sp³-hybridized carbons (Fsp3) is 0.407. The van der Waals surface area contributed by atoms with Gasteiger partial charge in [-0.1, -0.05) is 38.1 Å². The van der Waals surface area contributed by atoms with Gasteiger partial charge in [-0.25, -0.2) is 13.4 Å². The highest BCUT2D eigenvalue weighted by Crippen LogP contribution is 2.20. The van der Waals surface area contributed by atoms with E-state index in [9.17, 15) is 23.1 Å². The van der Waals surface area contributed by atoms with Crippen molar-refractivity contribution in [1.82, 2.24) is 24.9 Å². The predicted octanol–water partition coefficient (Wildman–Crippen LogP) is 2.10. The summed E-state index contributed by atoms with van der Waals surface area (Å²) in [5.74, 6) is -0.732. The maximum atomic E-state index is 13.3. The Kier molecular flexibility index (Phi) is 8.70. The zero-order valence-corrected chi connectivity index (χ0v) is 22.3. The van der Waals surface area contributed by atoms with E-state index in [4.69, 9.17) is 0 Å². The Bertz CT molecular complexity index is 1380. The summed E-state index contributed by atoms with van der Waals surface area (Å²) in [6.45, 7) is 3.93. The number of para-hydroxylation sites is 1. The van der Waals surface area contributed by atoms with E-state index in [2.05, 4.69) is 20.6 Å². The maximum Gasteiger partial charge on any atom is 0.260 e. The minimum absolute atomic E-state index is 0.0858. The molecular formula is C27H33N5O5S. The number of aliphatic hydroxyl groups excluding tert-OH is 1. The molecule has 3 N–H and O–H groups in total. The van der Waals surface area contributed by atoms with E-state index in [1.807, 2.05) is 26.0 Å². The predicted molar refractivity (Wildman–Crippen MR) is 143 cm³/mol. The van der Waals surface area contributed by atoms with Crippen molar-refractivity contribution in [2.75, 3.05) is 13.1 Å². The van der Waals surface area contributed by atoms with Crippen molar-refractivity contribution >= 4 is 32.7 Å². The second-order valence-corrected chi connectivity index (χ2v) is 11.8. The SMILES string of the molecule is CC(C)CC(NC(=O)c1cccc2cccnc12)C(=O)NC1CCCN(S(=O)(=O)c2ccccn2)C[C@@H]1O. The summed E-state index contributed by atoms with van der Waals surface area (Å²) >= 11 is 0. The molecule has 1 fully saturated rings. The lowest BCUT2D eigenvalue weighted by molar-refractivity contribution is -0.125. The lowest BCUT2D eigenvalue weighted by Crippen LogP contribution is -2.54. The number of β-amino-alcohol motifs (C(OH)–C–C–N with tert-alkyl or cyclic N) is 1. The summed E-state index contributed by atoms with van der Waals surface area (Å²) in [6, 6.07) is 12.1. The minimum atomic E-state index is -3.88. The zero-order chi connectivity index (χ0) is 27.3. The average Bonchev–Trinajstić information content (AvgIpc) is 3.09. The van der Waals surface area contributed by atoms with Gasteiger partial charge in [0.2, 0.25) is 5.91 Å². The number of benzene rings is 1. The van der Waals surface area contributed by atoms with Gasteiger partial charge in [0.15, 0.2) is 5.03 Å². The molecule has 2 unspecified atom stereocenters. The summed E-state index contributed by atoms with van der Waals surface area (Å²) in [6.07, 6.45) is 3.11. The van der Waals surface area contributed by atoms with Crippen molar-refractivity contribution in [3.8, 4) is 0 Å². The first-order valence-corrected chi connectivity index (χ1v) is 14.1. The highest BCUT2D eigenvalue weighted by Gasteiger charge is 2.35. The number of carbonyl (C=O) groups excluding carboxylic acids is 2. The molecule has 38 heavy (non-hydrogen) atoms. The van der Waals surface area contributed by atoms with E-state index >= 15 is 0 Å². The van der Waals surface area contributed by atoms with E-state index in [1.54, 1.807) is 36.5 Å². The number of hydrogen-bond donors (Lipinski definition) is 3. The van der Waals surface area contributed by atoms with Gasteiger partial charge >= 0.3 is 0 Å². The highest BCUT2D eigenvalue weighted by molar-refractivity contribution is 7.89. The molecule has 10 nitrogen and oxygen atoms in total. The largest absolute Gasteiger partial charge is 0.390 e. The quantitative estimate of drug-likeness (QED) is 0.398. The van der Waals surface area contributed by atoms with Gasteiger partial charge in [0.25, 0.3) is 15.9 Å². The zero-order valence-electron chi connectivity index (χ0n) is 21.4. The summed E-state index contributed by atoms with van der Waals surface area (Å²) in [5.41, 5.74) is 0.916. The molecule has 4 rings (SSSR count). The van der Waals surface area contributed by atoms with Crippen molar-refractivity contribution in [2.45, 2.75) is 56.3 Å². The highest BCUT2D eigenvalue weighted by atomic mass is 32.2. The molecule has 0 aliphatic carbocycles. The van der Waals surface area contributed by atoms with Crippen LogP contribution in [0, 0.1) is 5.92 Å².